The molecule has 1 N–H and O–H groups in total. The Kier molecular flexibility index (Phi) is 2.72. The zero-order chi connectivity index (χ0) is 11.0. The summed E-state index contributed by atoms with van der Waals surface area (Å²) in [5, 5.41) is 3.76. The zero-order valence-electron chi connectivity index (χ0n) is 10.0. The van der Waals surface area contributed by atoms with E-state index in [1.165, 1.54) is 31.5 Å². The Hall–Kier alpha value is -0.830. The highest BCUT2D eigenvalue weighted by Crippen LogP contribution is 2.44. The van der Waals surface area contributed by atoms with Gasteiger partial charge in [-0.3, -0.25) is 0 Å². The summed E-state index contributed by atoms with van der Waals surface area (Å²) in [5.41, 5.74) is 0. The van der Waals surface area contributed by atoms with E-state index in [1.807, 2.05) is 12.4 Å². The van der Waals surface area contributed by atoms with Gasteiger partial charge in [0, 0.05) is 38.4 Å². The van der Waals surface area contributed by atoms with E-state index in [1.54, 1.807) is 0 Å². The van der Waals surface area contributed by atoms with Gasteiger partial charge in [-0.05, 0) is 37.5 Å². The van der Waals surface area contributed by atoms with E-state index in [-0.39, 0.29) is 0 Å². The van der Waals surface area contributed by atoms with Crippen molar-refractivity contribution in [3.8, 4) is 0 Å². The van der Waals surface area contributed by atoms with Crippen LogP contribution in [0.2, 0.25) is 0 Å². The first kappa shape index (κ1) is 10.3. The van der Waals surface area contributed by atoms with Crippen LogP contribution in [-0.4, -0.2) is 22.1 Å². The highest BCUT2D eigenvalue weighted by molar-refractivity contribution is 4.97. The lowest BCUT2D eigenvalue weighted by molar-refractivity contribution is 0.417. The molecule has 0 amide bonds. The summed E-state index contributed by atoms with van der Waals surface area (Å²) in [4.78, 5) is 4.36. The maximum absolute atomic E-state index is 4.36. The van der Waals surface area contributed by atoms with Crippen LogP contribution in [0.4, 0.5) is 0 Å². The predicted octanol–water partition coefficient (Wildman–Crippen LogP) is 1.74. The van der Waals surface area contributed by atoms with Gasteiger partial charge in [0.15, 0.2) is 0 Å². The van der Waals surface area contributed by atoms with E-state index in [0.717, 1.165) is 30.8 Å². The highest BCUT2D eigenvalue weighted by atomic mass is 15.0. The largest absolute Gasteiger partial charge is 0.338 e. The van der Waals surface area contributed by atoms with Gasteiger partial charge in [0.2, 0.25) is 0 Å². The molecule has 0 aliphatic heterocycles. The van der Waals surface area contributed by atoms with Crippen molar-refractivity contribution in [3.63, 3.8) is 0 Å². The molecule has 0 radical (unpaired) electrons. The Balaban J connectivity index is 1.46. The van der Waals surface area contributed by atoms with E-state index in [9.17, 15) is 0 Å². The molecule has 1 aromatic heterocycles. The van der Waals surface area contributed by atoms with Crippen LogP contribution in [0.5, 0.6) is 0 Å². The first-order chi connectivity index (χ1) is 7.84. The molecule has 0 aromatic carbocycles. The number of aryl methyl sites for hydroxylation is 1. The van der Waals surface area contributed by atoms with Crippen molar-refractivity contribution in [2.45, 2.75) is 38.1 Å². The van der Waals surface area contributed by atoms with Crippen LogP contribution >= 0.6 is 0 Å². The van der Waals surface area contributed by atoms with Crippen molar-refractivity contribution in [1.82, 2.24) is 14.9 Å². The molecule has 2 aliphatic rings. The van der Waals surface area contributed by atoms with Crippen molar-refractivity contribution < 1.29 is 0 Å². The average Bonchev–Trinajstić information content (AvgIpc) is 3.15. The molecule has 3 rings (SSSR count). The van der Waals surface area contributed by atoms with Crippen LogP contribution in [0.3, 0.4) is 0 Å². The Morgan fingerprint density at radius 2 is 2.06 bits per heavy atom. The predicted molar refractivity (Wildman–Crippen MR) is 64.2 cm³/mol. The van der Waals surface area contributed by atoms with Crippen LogP contribution in [0.1, 0.15) is 31.5 Å². The van der Waals surface area contributed by atoms with E-state index in [2.05, 4.69) is 21.9 Å². The van der Waals surface area contributed by atoms with Gasteiger partial charge < -0.3 is 9.88 Å². The van der Waals surface area contributed by atoms with Gasteiger partial charge in [0.1, 0.15) is 5.82 Å². The van der Waals surface area contributed by atoms with Crippen molar-refractivity contribution in [3.05, 3.63) is 18.2 Å². The maximum atomic E-state index is 4.36. The second-order valence-corrected chi connectivity index (χ2v) is 5.36. The van der Waals surface area contributed by atoms with Gasteiger partial charge in [-0.1, -0.05) is 0 Å². The molecular weight excluding hydrogens is 198 g/mol. The minimum atomic E-state index is 0.820. The van der Waals surface area contributed by atoms with E-state index >= 15 is 0 Å². The lowest BCUT2D eigenvalue weighted by atomic mass is 10.1. The number of hydrogen-bond acceptors (Lipinski definition) is 2. The molecule has 2 fully saturated rings. The quantitative estimate of drug-likeness (QED) is 0.790. The van der Waals surface area contributed by atoms with Gasteiger partial charge >= 0.3 is 0 Å². The van der Waals surface area contributed by atoms with Gasteiger partial charge in [-0.15, -0.1) is 0 Å². The molecule has 3 nitrogen and oxygen atoms in total. The van der Waals surface area contributed by atoms with Gasteiger partial charge in [0.25, 0.3) is 0 Å². The van der Waals surface area contributed by atoms with Gasteiger partial charge in [-0.25, -0.2) is 4.98 Å². The summed E-state index contributed by atoms with van der Waals surface area (Å²) in [7, 11) is 2.07. The van der Waals surface area contributed by atoms with Crippen molar-refractivity contribution >= 4 is 0 Å². The summed E-state index contributed by atoms with van der Waals surface area (Å²) >= 11 is 0. The Bertz CT molecular complexity index is 338. The molecule has 2 saturated carbocycles. The lowest BCUT2D eigenvalue weighted by Gasteiger charge is -2.17. The van der Waals surface area contributed by atoms with Crippen LogP contribution in [0.25, 0.3) is 0 Å². The first-order valence-electron chi connectivity index (χ1n) is 6.54. The van der Waals surface area contributed by atoms with E-state index in [4.69, 9.17) is 0 Å². The SMILES string of the molecule is Cn1ccnc1CCNC(C1CC1)C1CC1. The third kappa shape index (κ3) is 2.29. The molecule has 1 heterocycles. The van der Waals surface area contributed by atoms with Crippen molar-refractivity contribution in [2.75, 3.05) is 6.54 Å². The number of hydrogen-bond donors (Lipinski definition) is 1. The van der Waals surface area contributed by atoms with E-state index < -0.39 is 0 Å². The maximum Gasteiger partial charge on any atom is 0.109 e. The number of nitrogens with zero attached hydrogens (tertiary/aromatic N) is 2. The molecule has 0 bridgehead atoms. The molecule has 1 aromatic rings. The molecule has 0 saturated heterocycles. The fourth-order valence-corrected chi connectivity index (χ4v) is 2.62. The molecule has 0 spiro atoms. The normalized spacial score (nSPS) is 20.6. The summed E-state index contributed by atoms with van der Waals surface area (Å²) in [6.07, 6.45) is 10.8. The Morgan fingerprint density at radius 3 is 2.56 bits per heavy atom. The average molecular weight is 219 g/mol. The Labute approximate surface area is 97.3 Å². The third-order valence-electron chi connectivity index (χ3n) is 3.91. The number of aromatic nitrogens is 2. The molecule has 0 unspecified atom stereocenters. The number of imidazole rings is 1. The zero-order valence-corrected chi connectivity index (χ0v) is 10.0. The molecule has 0 atom stereocenters. The second kappa shape index (κ2) is 4.21. The minimum Gasteiger partial charge on any atom is -0.338 e. The number of rotatable bonds is 6. The first-order valence-corrected chi connectivity index (χ1v) is 6.54. The van der Waals surface area contributed by atoms with Crippen LogP contribution in [-0.2, 0) is 13.5 Å². The molecule has 88 valence electrons. The number of nitrogens with one attached hydrogen (secondary N) is 1. The summed E-state index contributed by atoms with van der Waals surface area (Å²) < 4.78 is 2.12. The monoisotopic (exact) mass is 219 g/mol. The summed E-state index contributed by atoms with van der Waals surface area (Å²) in [6.45, 7) is 1.09. The van der Waals surface area contributed by atoms with Gasteiger partial charge in [0.05, 0.1) is 0 Å². The summed E-state index contributed by atoms with van der Waals surface area (Å²) in [6, 6.07) is 0.820. The van der Waals surface area contributed by atoms with Crippen molar-refractivity contribution in [2.24, 2.45) is 18.9 Å². The Morgan fingerprint density at radius 1 is 1.38 bits per heavy atom. The summed E-state index contributed by atoms with van der Waals surface area (Å²) in [5.74, 6) is 3.18. The fourth-order valence-electron chi connectivity index (χ4n) is 2.62. The lowest BCUT2D eigenvalue weighted by Crippen LogP contribution is -2.34. The standard InChI is InChI=1S/C13H21N3/c1-16-9-8-14-12(16)6-7-15-13(10-2-3-10)11-4-5-11/h8-11,13,15H,2-7H2,1H3. The third-order valence-corrected chi connectivity index (χ3v) is 3.91. The molecular formula is C13H21N3. The van der Waals surface area contributed by atoms with Crippen LogP contribution in [0.15, 0.2) is 12.4 Å². The smallest absolute Gasteiger partial charge is 0.109 e. The topological polar surface area (TPSA) is 29.9 Å². The minimum absolute atomic E-state index is 0.820. The second-order valence-electron chi connectivity index (χ2n) is 5.36. The molecule has 2 aliphatic carbocycles. The fraction of sp³-hybridized carbons (Fsp3) is 0.769. The molecule has 3 heteroatoms. The van der Waals surface area contributed by atoms with Crippen LogP contribution in [0, 0.1) is 11.8 Å². The van der Waals surface area contributed by atoms with Crippen molar-refractivity contribution in [1.29, 1.82) is 0 Å². The molecule has 16 heavy (non-hydrogen) atoms. The van der Waals surface area contributed by atoms with Crippen LogP contribution < -0.4 is 5.32 Å². The highest BCUT2D eigenvalue weighted by Gasteiger charge is 2.40. The van der Waals surface area contributed by atoms with Gasteiger partial charge in [-0.2, -0.15) is 0 Å². The van der Waals surface area contributed by atoms with E-state index in [0.29, 0.717) is 0 Å².